The number of sulfonamides is 1. The largest absolute Gasteiger partial charge is 0.389 e. The SMILES string of the molecule is O=S(=O)(c1ccc(C#CCO)cc1)N1CC(O)C(O)C1. The number of hydrogen-bond donors (Lipinski definition) is 3. The molecule has 1 aliphatic heterocycles. The van der Waals surface area contributed by atoms with E-state index < -0.39 is 22.2 Å². The summed E-state index contributed by atoms with van der Waals surface area (Å²) in [4.78, 5) is 0.0772. The van der Waals surface area contributed by atoms with Crippen molar-refractivity contribution >= 4 is 10.0 Å². The summed E-state index contributed by atoms with van der Waals surface area (Å²) >= 11 is 0. The fraction of sp³-hybridized carbons (Fsp3) is 0.385. The fourth-order valence-electron chi connectivity index (χ4n) is 1.93. The minimum absolute atomic E-state index is 0.0772. The summed E-state index contributed by atoms with van der Waals surface area (Å²) in [5.74, 6) is 5.14. The lowest BCUT2D eigenvalue weighted by Crippen LogP contribution is -2.29. The summed E-state index contributed by atoms with van der Waals surface area (Å²) in [5.41, 5.74) is 0.597. The molecule has 1 aliphatic rings. The molecule has 7 heteroatoms. The van der Waals surface area contributed by atoms with Gasteiger partial charge in [0.25, 0.3) is 0 Å². The van der Waals surface area contributed by atoms with Crippen molar-refractivity contribution in [1.29, 1.82) is 0 Å². The maximum Gasteiger partial charge on any atom is 0.243 e. The zero-order valence-electron chi connectivity index (χ0n) is 10.6. The van der Waals surface area contributed by atoms with E-state index in [4.69, 9.17) is 5.11 Å². The highest BCUT2D eigenvalue weighted by Gasteiger charge is 2.37. The maximum absolute atomic E-state index is 12.3. The van der Waals surface area contributed by atoms with Crippen LogP contribution in [-0.4, -0.2) is 59.9 Å². The van der Waals surface area contributed by atoms with Gasteiger partial charge in [-0.25, -0.2) is 8.42 Å². The third-order valence-corrected chi connectivity index (χ3v) is 4.88. The molecule has 0 radical (unpaired) electrons. The molecule has 6 nitrogen and oxygen atoms in total. The third-order valence-electron chi connectivity index (χ3n) is 3.03. The first-order valence-electron chi connectivity index (χ1n) is 6.01. The van der Waals surface area contributed by atoms with Gasteiger partial charge < -0.3 is 15.3 Å². The van der Waals surface area contributed by atoms with Crippen LogP contribution in [0.4, 0.5) is 0 Å². The number of aliphatic hydroxyl groups is 3. The lowest BCUT2D eigenvalue weighted by atomic mass is 10.2. The summed E-state index contributed by atoms with van der Waals surface area (Å²) in [7, 11) is -3.73. The van der Waals surface area contributed by atoms with Crippen LogP contribution in [0.15, 0.2) is 29.2 Å². The average Bonchev–Trinajstić information content (AvgIpc) is 2.77. The van der Waals surface area contributed by atoms with Gasteiger partial charge >= 0.3 is 0 Å². The third kappa shape index (κ3) is 3.00. The van der Waals surface area contributed by atoms with Gasteiger partial charge in [-0.3, -0.25) is 0 Å². The number of β-amino-alcohol motifs (C(OH)–C–C–N with tert-alkyl or cyclic N) is 2. The first-order chi connectivity index (χ1) is 9.45. The van der Waals surface area contributed by atoms with Crippen molar-refractivity contribution in [3.05, 3.63) is 29.8 Å². The zero-order chi connectivity index (χ0) is 14.8. The van der Waals surface area contributed by atoms with E-state index in [-0.39, 0.29) is 24.6 Å². The van der Waals surface area contributed by atoms with Crippen LogP contribution in [0.25, 0.3) is 0 Å². The predicted molar refractivity (Wildman–Crippen MR) is 71.2 cm³/mol. The van der Waals surface area contributed by atoms with Crippen LogP contribution in [0.3, 0.4) is 0 Å². The van der Waals surface area contributed by atoms with Crippen molar-refractivity contribution in [2.75, 3.05) is 19.7 Å². The van der Waals surface area contributed by atoms with Crippen LogP contribution in [-0.2, 0) is 10.0 Å². The second-order valence-electron chi connectivity index (χ2n) is 4.44. The van der Waals surface area contributed by atoms with Crippen LogP contribution in [0.2, 0.25) is 0 Å². The lowest BCUT2D eigenvalue weighted by molar-refractivity contribution is 0.0572. The van der Waals surface area contributed by atoms with Crippen LogP contribution in [0.5, 0.6) is 0 Å². The first-order valence-corrected chi connectivity index (χ1v) is 7.45. The molecule has 0 saturated carbocycles. The summed E-state index contributed by atoms with van der Waals surface area (Å²) < 4.78 is 25.6. The van der Waals surface area contributed by atoms with Gasteiger partial charge in [-0.15, -0.1) is 0 Å². The fourth-order valence-corrected chi connectivity index (χ4v) is 3.41. The van der Waals surface area contributed by atoms with Crippen LogP contribution in [0, 0.1) is 11.8 Å². The van der Waals surface area contributed by atoms with E-state index in [2.05, 4.69) is 11.8 Å². The molecule has 0 amide bonds. The van der Waals surface area contributed by atoms with Gasteiger partial charge in [-0.1, -0.05) is 11.8 Å². The number of hydrogen-bond acceptors (Lipinski definition) is 5. The van der Waals surface area contributed by atoms with E-state index in [0.29, 0.717) is 5.56 Å². The Kier molecular flexibility index (Phi) is 4.42. The van der Waals surface area contributed by atoms with Crippen molar-refractivity contribution in [1.82, 2.24) is 4.31 Å². The van der Waals surface area contributed by atoms with Crippen LogP contribution < -0.4 is 0 Å². The van der Waals surface area contributed by atoms with E-state index in [1.165, 1.54) is 12.1 Å². The molecule has 0 spiro atoms. The molecule has 1 fully saturated rings. The molecule has 108 valence electrons. The smallest absolute Gasteiger partial charge is 0.243 e. The molecule has 2 rings (SSSR count). The highest BCUT2D eigenvalue weighted by molar-refractivity contribution is 7.89. The first kappa shape index (κ1) is 15.0. The van der Waals surface area contributed by atoms with Crippen molar-refractivity contribution < 1.29 is 23.7 Å². The minimum Gasteiger partial charge on any atom is -0.389 e. The Labute approximate surface area is 117 Å². The molecule has 2 unspecified atom stereocenters. The minimum atomic E-state index is -3.73. The van der Waals surface area contributed by atoms with E-state index in [0.717, 1.165) is 4.31 Å². The topological polar surface area (TPSA) is 98.1 Å². The molecular formula is C13H15NO5S. The molecule has 1 aromatic carbocycles. The summed E-state index contributed by atoms with van der Waals surface area (Å²) in [6.07, 6.45) is -2.11. The highest BCUT2D eigenvalue weighted by atomic mass is 32.2. The Balaban J connectivity index is 2.22. The second-order valence-corrected chi connectivity index (χ2v) is 6.38. The Bertz CT molecular complexity index is 619. The number of rotatable bonds is 2. The van der Waals surface area contributed by atoms with E-state index in [1.807, 2.05) is 0 Å². The van der Waals surface area contributed by atoms with E-state index in [1.54, 1.807) is 12.1 Å². The monoisotopic (exact) mass is 297 g/mol. The molecule has 1 aromatic rings. The molecule has 20 heavy (non-hydrogen) atoms. The van der Waals surface area contributed by atoms with Gasteiger partial charge in [-0.05, 0) is 24.3 Å². The standard InChI is InChI=1S/C13H15NO5S/c15-7-1-2-10-3-5-11(6-4-10)20(18,19)14-8-12(16)13(17)9-14/h3-6,12-13,15-17H,7-9H2. The zero-order valence-corrected chi connectivity index (χ0v) is 11.4. The number of aliphatic hydroxyl groups excluding tert-OH is 3. The Morgan fingerprint density at radius 3 is 2.20 bits per heavy atom. The highest BCUT2D eigenvalue weighted by Crippen LogP contribution is 2.21. The molecule has 1 heterocycles. The van der Waals surface area contributed by atoms with Crippen molar-refractivity contribution in [2.24, 2.45) is 0 Å². The summed E-state index contributed by atoms with van der Waals surface area (Å²) in [6.45, 7) is -0.491. The van der Waals surface area contributed by atoms with Gasteiger partial charge in [-0.2, -0.15) is 4.31 Å². The van der Waals surface area contributed by atoms with E-state index >= 15 is 0 Å². The molecular weight excluding hydrogens is 282 g/mol. The Morgan fingerprint density at radius 2 is 1.70 bits per heavy atom. The van der Waals surface area contributed by atoms with Gasteiger partial charge in [0.05, 0.1) is 17.1 Å². The summed E-state index contributed by atoms with van der Waals surface area (Å²) in [5, 5.41) is 27.4. The van der Waals surface area contributed by atoms with Gasteiger partial charge in [0.15, 0.2) is 0 Å². The second kappa shape index (κ2) is 5.91. The molecule has 0 bridgehead atoms. The lowest BCUT2D eigenvalue weighted by Gasteiger charge is -2.15. The quantitative estimate of drug-likeness (QED) is 0.593. The van der Waals surface area contributed by atoms with Crippen molar-refractivity contribution in [3.8, 4) is 11.8 Å². The van der Waals surface area contributed by atoms with Crippen molar-refractivity contribution in [2.45, 2.75) is 17.1 Å². The van der Waals surface area contributed by atoms with Crippen molar-refractivity contribution in [3.63, 3.8) is 0 Å². The summed E-state index contributed by atoms with van der Waals surface area (Å²) in [6, 6.07) is 5.90. The normalized spacial score (nSPS) is 23.4. The Morgan fingerprint density at radius 1 is 1.15 bits per heavy atom. The predicted octanol–water partition coefficient (Wildman–Crippen LogP) is -1.24. The molecule has 0 aromatic heterocycles. The number of benzene rings is 1. The van der Waals surface area contributed by atoms with E-state index in [9.17, 15) is 18.6 Å². The average molecular weight is 297 g/mol. The molecule has 3 N–H and O–H groups in total. The van der Waals surface area contributed by atoms with Gasteiger partial charge in [0, 0.05) is 18.7 Å². The van der Waals surface area contributed by atoms with Crippen LogP contribution >= 0.6 is 0 Å². The van der Waals surface area contributed by atoms with Gasteiger partial charge in [0.2, 0.25) is 10.0 Å². The van der Waals surface area contributed by atoms with Gasteiger partial charge in [0.1, 0.15) is 6.61 Å². The molecule has 0 aliphatic carbocycles. The Hall–Kier alpha value is -1.43. The number of nitrogens with zero attached hydrogens (tertiary/aromatic N) is 1. The molecule has 2 atom stereocenters. The maximum atomic E-state index is 12.3. The molecule has 1 saturated heterocycles. The van der Waals surface area contributed by atoms with Crippen LogP contribution in [0.1, 0.15) is 5.56 Å².